The predicted molar refractivity (Wildman–Crippen MR) is 62.6 cm³/mol. The first-order valence-electron chi connectivity index (χ1n) is 4.89. The van der Waals surface area contributed by atoms with Crippen molar-refractivity contribution in [2.24, 2.45) is 0 Å². The van der Waals surface area contributed by atoms with E-state index in [1.54, 1.807) is 12.1 Å². The highest BCUT2D eigenvalue weighted by Gasteiger charge is 2.19. The summed E-state index contributed by atoms with van der Waals surface area (Å²) in [4.78, 5) is 0. The molecule has 0 N–H and O–H groups in total. The fourth-order valence-corrected chi connectivity index (χ4v) is 3.91. The number of benzene rings is 1. The van der Waals surface area contributed by atoms with Crippen molar-refractivity contribution in [1.82, 2.24) is 0 Å². The minimum Gasteiger partial charge on any atom is -0.207 e. The van der Waals surface area contributed by atoms with Crippen LogP contribution >= 0.6 is 0 Å². The van der Waals surface area contributed by atoms with Gasteiger partial charge in [-0.05, 0) is 29.8 Å². The fraction of sp³-hybridized carbons (Fsp3) is 0.333. The summed E-state index contributed by atoms with van der Waals surface area (Å²) < 4.78 is 12.9. The monoisotopic (exact) mass is 208 g/mol. The summed E-state index contributed by atoms with van der Waals surface area (Å²) in [7, 11) is -1.25. The average Bonchev–Trinajstić information content (AvgIpc) is 2.02. The molecule has 0 unspecified atom stereocenters. The first kappa shape index (κ1) is 11.2. The first-order chi connectivity index (χ1) is 6.53. The van der Waals surface area contributed by atoms with Crippen LogP contribution in [0.5, 0.6) is 0 Å². The Hall–Kier alpha value is -0.893. The van der Waals surface area contributed by atoms with Crippen LogP contribution in [0.1, 0.15) is 5.56 Å². The van der Waals surface area contributed by atoms with E-state index in [1.165, 1.54) is 6.07 Å². The minimum absolute atomic E-state index is 0.133. The molecular weight excluding hydrogens is 191 g/mol. The lowest BCUT2D eigenvalue weighted by Gasteiger charge is -2.20. The van der Waals surface area contributed by atoms with Crippen molar-refractivity contribution >= 4 is 8.07 Å². The van der Waals surface area contributed by atoms with Gasteiger partial charge in [0.15, 0.2) is 0 Å². The van der Waals surface area contributed by atoms with Gasteiger partial charge in [0, 0.05) is 0 Å². The molecule has 0 saturated carbocycles. The van der Waals surface area contributed by atoms with Crippen LogP contribution in [0.25, 0.3) is 0 Å². The van der Waals surface area contributed by atoms with Gasteiger partial charge in [-0.2, -0.15) is 0 Å². The van der Waals surface area contributed by atoms with Crippen molar-refractivity contribution < 1.29 is 4.39 Å². The first-order valence-corrected chi connectivity index (χ1v) is 8.30. The summed E-state index contributed by atoms with van der Waals surface area (Å²) in [5.74, 6) is -0.133. The summed E-state index contributed by atoms with van der Waals surface area (Å²) >= 11 is 0. The molecule has 2 heteroatoms. The van der Waals surface area contributed by atoms with Gasteiger partial charge in [-0.15, -0.1) is 6.58 Å². The van der Waals surface area contributed by atoms with Gasteiger partial charge in [-0.25, -0.2) is 4.39 Å². The molecule has 0 saturated heterocycles. The summed E-state index contributed by atoms with van der Waals surface area (Å²) in [6.07, 6.45) is 1.98. The maximum Gasteiger partial charge on any atom is 0.123 e. The molecule has 0 amide bonds. The van der Waals surface area contributed by atoms with E-state index in [4.69, 9.17) is 0 Å². The van der Waals surface area contributed by atoms with Crippen molar-refractivity contribution in [2.75, 3.05) is 0 Å². The van der Waals surface area contributed by atoms with Crippen LogP contribution < -0.4 is 0 Å². The standard InChI is InChI=1S/C12H17FSi/c1-4-8-14(2,3)10-11-6-5-7-12(13)9-11/h4-7,9H,1,8,10H2,2-3H3. The van der Waals surface area contributed by atoms with Gasteiger partial charge in [0.25, 0.3) is 0 Å². The van der Waals surface area contributed by atoms with Gasteiger partial charge < -0.3 is 0 Å². The smallest absolute Gasteiger partial charge is 0.123 e. The lowest BCUT2D eigenvalue weighted by atomic mass is 10.2. The molecule has 0 atom stereocenters. The highest BCUT2D eigenvalue weighted by Crippen LogP contribution is 2.17. The van der Waals surface area contributed by atoms with E-state index in [0.717, 1.165) is 17.7 Å². The molecule has 0 aliphatic heterocycles. The van der Waals surface area contributed by atoms with Crippen molar-refractivity contribution in [1.29, 1.82) is 0 Å². The summed E-state index contributed by atoms with van der Waals surface area (Å²) in [6, 6.07) is 9.02. The Balaban J connectivity index is 2.72. The molecule has 0 bridgehead atoms. The molecule has 0 aliphatic rings. The summed E-state index contributed by atoms with van der Waals surface area (Å²) in [5.41, 5.74) is 1.11. The molecule has 0 fully saturated rings. The Morgan fingerprint density at radius 1 is 1.43 bits per heavy atom. The summed E-state index contributed by atoms with van der Waals surface area (Å²) in [6.45, 7) is 8.38. The van der Waals surface area contributed by atoms with Gasteiger partial charge in [0.2, 0.25) is 0 Å². The van der Waals surface area contributed by atoms with Crippen molar-refractivity contribution in [3.8, 4) is 0 Å². The number of halogens is 1. The maximum absolute atomic E-state index is 12.9. The van der Waals surface area contributed by atoms with Crippen molar-refractivity contribution in [2.45, 2.75) is 25.2 Å². The molecular formula is C12H17FSi. The summed E-state index contributed by atoms with van der Waals surface area (Å²) in [5, 5.41) is 0. The van der Waals surface area contributed by atoms with Crippen LogP contribution in [0, 0.1) is 5.82 Å². The van der Waals surface area contributed by atoms with Crippen LogP contribution in [0.2, 0.25) is 19.1 Å². The predicted octanol–water partition coefficient (Wildman–Crippen LogP) is 3.80. The molecule has 76 valence electrons. The number of rotatable bonds is 4. The van der Waals surface area contributed by atoms with Crippen LogP contribution in [0.4, 0.5) is 4.39 Å². The van der Waals surface area contributed by atoms with Crippen LogP contribution in [0.15, 0.2) is 36.9 Å². The van der Waals surface area contributed by atoms with Crippen LogP contribution in [0.3, 0.4) is 0 Å². The molecule has 0 spiro atoms. The number of allylic oxidation sites excluding steroid dienone is 1. The topological polar surface area (TPSA) is 0 Å². The highest BCUT2D eigenvalue weighted by atomic mass is 28.3. The quantitative estimate of drug-likeness (QED) is 0.521. The zero-order valence-electron chi connectivity index (χ0n) is 8.89. The van der Waals surface area contributed by atoms with E-state index >= 15 is 0 Å². The maximum atomic E-state index is 12.9. The van der Waals surface area contributed by atoms with Gasteiger partial charge >= 0.3 is 0 Å². The van der Waals surface area contributed by atoms with E-state index in [-0.39, 0.29) is 5.82 Å². The Morgan fingerprint density at radius 3 is 2.71 bits per heavy atom. The third kappa shape index (κ3) is 3.46. The van der Waals surface area contributed by atoms with Crippen molar-refractivity contribution in [3.63, 3.8) is 0 Å². The molecule has 0 aliphatic carbocycles. The SMILES string of the molecule is C=CC[Si](C)(C)Cc1cccc(F)c1. The Labute approximate surface area is 86.5 Å². The molecule has 1 rings (SSSR count). The van der Waals surface area contributed by atoms with Gasteiger partial charge in [-0.1, -0.05) is 31.3 Å². The highest BCUT2D eigenvalue weighted by molar-refractivity contribution is 6.77. The Bertz CT molecular complexity index is 318. The molecule has 0 heterocycles. The second kappa shape index (κ2) is 4.56. The van der Waals surface area contributed by atoms with Crippen molar-refractivity contribution in [3.05, 3.63) is 48.3 Å². The van der Waals surface area contributed by atoms with E-state index in [9.17, 15) is 4.39 Å². The van der Waals surface area contributed by atoms with E-state index in [1.807, 2.05) is 12.1 Å². The lowest BCUT2D eigenvalue weighted by Crippen LogP contribution is -2.28. The molecule has 1 aromatic carbocycles. The molecule has 1 aromatic rings. The second-order valence-electron chi connectivity index (χ2n) is 4.46. The van der Waals surface area contributed by atoms with E-state index in [2.05, 4.69) is 19.7 Å². The molecule has 14 heavy (non-hydrogen) atoms. The molecule has 0 radical (unpaired) electrons. The molecule has 0 aromatic heterocycles. The Kier molecular flexibility index (Phi) is 3.64. The fourth-order valence-electron chi connectivity index (χ4n) is 1.66. The van der Waals surface area contributed by atoms with Crippen LogP contribution in [-0.2, 0) is 6.04 Å². The zero-order valence-corrected chi connectivity index (χ0v) is 9.89. The zero-order chi connectivity index (χ0) is 10.6. The number of hydrogen-bond donors (Lipinski definition) is 0. The Morgan fingerprint density at radius 2 is 2.14 bits per heavy atom. The van der Waals surface area contributed by atoms with Gasteiger partial charge in [0.1, 0.15) is 5.82 Å². The number of hydrogen-bond acceptors (Lipinski definition) is 0. The van der Waals surface area contributed by atoms with Crippen LogP contribution in [-0.4, -0.2) is 8.07 Å². The van der Waals surface area contributed by atoms with Gasteiger partial charge in [0.05, 0.1) is 8.07 Å². The largest absolute Gasteiger partial charge is 0.207 e. The third-order valence-corrected chi connectivity index (χ3v) is 5.03. The lowest BCUT2D eigenvalue weighted by molar-refractivity contribution is 0.626. The van der Waals surface area contributed by atoms with E-state index < -0.39 is 8.07 Å². The second-order valence-corrected chi connectivity index (χ2v) is 9.55. The van der Waals surface area contributed by atoms with Gasteiger partial charge in [-0.3, -0.25) is 0 Å². The minimum atomic E-state index is -1.25. The third-order valence-electron chi connectivity index (χ3n) is 2.27. The van der Waals surface area contributed by atoms with E-state index in [0.29, 0.717) is 0 Å². The molecule has 0 nitrogen and oxygen atoms in total. The average molecular weight is 208 g/mol. The normalized spacial score (nSPS) is 11.4.